The maximum absolute atomic E-state index is 13.6. The van der Waals surface area contributed by atoms with Crippen LogP contribution in [0.25, 0.3) is 0 Å². The molecule has 0 radical (unpaired) electrons. The molecule has 2 aromatic carbocycles. The number of carbonyl (C=O) groups excluding carboxylic acids is 2. The van der Waals surface area contributed by atoms with Crippen molar-refractivity contribution in [3.8, 4) is 0 Å². The second-order valence-corrected chi connectivity index (χ2v) is 6.12. The molecular formula is C19H15F4N3O2. The number of benzene rings is 2. The lowest BCUT2D eigenvalue weighted by Crippen LogP contribution is -2.46. The third kappa shape index (κ3) is 3.98. The fourth-order valence-corrected chi connectivity index (χ4v) is 2.96. The molecule has 5 nitrogen and oxygen atoms in total. The van der Waals surface area contributed by atoms with Crippen molar-refractivity contribution in [2.24, 2.45) is 0 Å². The van der Waals surface area contributed by atoms with Crippen molar-refractivity contribution in [3.05, 3.63) is 76.7 Å². The van der Waals surface area contributed by atoms with Crippen molar-refractivity contribution >= 4 is 17.6 Å². The van der Waals surface area contributed by atoms with Crippen LogP contribution >= 0.6 is 0 Å². The molecule has 1 aliphatic rings. The molecule has 1 heterocycles. The van der Waals surface area contributed by atoms with E-state index in [1.54, 1.807) is 0 Å². The Morgan fingerprint density at radius 2 is 1.82 bits per heavy atom. The smallest absolute Gasteiger partial charge is 0.327 e. The lowest BCUT2D eigenvalue weighted by Gasteiger charge is -2.29. The summed E-state index contributed by atoms with van der Waals surface area (Å²) in [7, 11) is 0. The van der Waals surface area contributed by atoms with E-state index in [0.29, 0.717) is 0 Å². The predicted octanol–water partition coefficient (Wildman–Crippen LogP) is 4.11. The number of amides is 3. The number of nitrogens with one attached hydrogen (secondary N) is 3. The van der Waals surface area contributed by atoms with Gasteiger partial charge < -0.3 is 16.0 Å². The van der Waals surface area contributed by atoms with Gasteiger partial charge in [0.1, 0.15) is 5.82 Å². The lowest BCUT2D eigenvalue weighted by molar-refractivity contribution is -0.137. The maximum atomic E-state index is 13.6. The van der Waals surface area contributed by atoms with Gasteiger partial charge in [0.2, 0.25) is 0 Å². The van der Waals surface area contributed by atoms with E-state index in [2.05, 4.69) is 16.0 Å². The summed E-state index contributed by atoms with van der Waals surface area (Å²) in [5.74, 6) is -1.43. The number of rotatable bonds is 3. The van der Waals surface area contributed by atoms with Crippen LogP contribution in [0.2, 0.25) is 0 Å². The fraction of sp³-hybridized carbons (Fsp3) is 0.158. The summed E-state index contributed by atoms with van der Waals surface area (Å²) < 4.78 is 53.1. The number of halogens is 4. The molecule has 0 saturated carbocycles. The SMILES string of the molecule is CC1=C(C(=O)Nc2ccccc2C(F)(F)F)[C@H](c2cccc(F)c2)NC(=O)N1. The molecule has 3 amide bonds. The lowest BCUT2D eigenvalue weighted by atomic mass is 9.94. The molecule has 0 fully saturated rings. The number of alkyl halides is 3. The first-order valence-electron chi connectivity index (χ1n) is 8.18. The van der Waals surface area contributed by atoms with E-state index in [-0.39, 0.29) is 16.8 Å². The summed E-state index contributed by atoms with van der Waals surface area (Å²) in [6, 6.07) is 8.15. The molecule has 1 aliphatic heterocycles. The zero-order chi connectivity index (χ0) is 20.5. The standard InChI is InChI=1S/C19H15F4N3O2/c1-10-15(16(26-18(28)24-10)11-5-4-6-12(20)9-11)17(27)25-14-8-3-2-7-13(14)19(21,22)23/h2-9,16H,1H3,(H,25,27)(H2,24,26,28)/t16-/m0/s1. The molecule has 3 N–H and O–H groups in total. The third-order valence-electron chi connectivity index (χ3n) is 4.18. The molecule has 1 atom stereocenters. The van der Waals surface area contributed by atoms with E-state index in [1.165, 1.54) is 37.3 Å². The molecule has 0 bridgehead atoms. The molecule has 2 aromatic rings. The van der Waals surface area contributed by atoms with Gasteiger partial charge in [-0.2, -0.15) is 13.2 Å². The summed E-state index contributed by atoms with van der Waals surface area (Å²) in [5, 5.41) is 7.15. The molecule has 146 valence electrons. The van der Waals surface area contributed by atoms with Gasteiger partial charge in [-0.25, -0.2) is 9.18 Å². The highest BCUT2D eigenvalue weighted by molar-refractivity contribution is 6.07. The van der Waals surface area contributed by atoms with E-state index < -0.39 is 41.2 Å². The Kier molecular flexibility index (Phi) is 5.08. The van der Waals surface area contributed by atoms with Gasteiger partial charge in [0.05, 0.1) is 22.9 Å². The second kappa shape index (κ2) is 7.34. The minimum atomic E-state index is -4.66. The van der Waals surface area contributed by atoms with Gasteiger partial charge >= 0.3 is 12.2 Å². The van der Waals surface area contributed by atoms with Crippen LogP contribution in [0.15, 0.2) is 59.8 Å². The zero-order valence-electron chi connectivity index (χ0n) is 14.5. The molecular weight excluding hydrogens is 378 g/mol. The summed E-state index contributed by atoms with van der Waals surface area (Å²) in [4.78, 5) is 24.6. The first-order chi connectivity index (χ1) is 13.2. The molecule has 0 spiro atoms. The Bertz CT molecular complexity index is 970. The van der Waals surface area contributed by atoms with Gasteiger partial charge in [-0.1, -0.05) is 24.3 Å². The quantitative estimate of drug-likeness (QED) is 0.687. The highest BCUT2D eigenvalue weighted by atomic mass is 19.4. The second-order valence-electron chi connectivity index (χ2n) is 6.12. The number of hydrogen-bond acceptors (Lipinski definition) is 2. The van der Waals surface area contributed by atoms with Crippen molar-refractivity contribution in [1.29, 1.82) is 0 Å². The molecule has 0 saturated heterocycles. The number of allylic oxidation sites excluding steroid dienone is 1. The maximum Gasteiger partial charge on any atom is 0.418 e. The van der Waals surface area contributed by atoms with E-state index in [4.69, 9.17) is 0 Å². The fourth-order valence-electron chi connectivity index (χ4n) is 2.96. The number of hydrogen-bond donors (Lipinski definition) is 3. The van der Waals surface area contributed by atoms with Gasteiger partial charge in [0.15, 0.2) is 0 Å². The first kappa shape index (κ1) is 19.4. The molecule has 0 aromatic heterocycles. The third-order valence-corrected chi connectivity index (χ3v) is 4.18. The average molecular weight is 393 g/mol. The Labute approximate surface area is 157 Å². The number of carbonyl (C=O) groups is 2. The van der Waals surface area contributed by atoms with Crippen LogP contribution < -0.4 is 16.0 Å². The monoisotopic (exact) mass is 393 g/mol. The molecule has 3 rings (SSSR count). The zero-order valence-corrected chi connectivity index (χ0v) is 14.5. The Balaban J connectivity index is 1.99. The van der Waals surface area contributed by atoms with Crippen molar-refractivity contribution < 1.29 is 27.2 Å². The first-order valence-corrected chi connectivity index (χ1v) is 8.18. The molecule has 28 heavy (non-hydrogen) atoms. The summed E-state index contributed by atoms with van der Waals surface area (Å²) >= 11 is 0. The number of para-hydroxylation sites is 1. The molecule has 9 heteroatoms. The summed E-state index contributed by atoms with van der Waals surface area (Å²) in [5.41, 5.74) is -1.02. The van der Waals surface area contributed by atoms with Crippen LogP contribution in [0.5, 0.6) is 0 Å². The Morgan fingerprint density at radius 1 is 1.11 bits per heavy atom. The van der Waals surface area contributed by atoms with Crippen LogP contribution in [0, 0.1) is 5.82 Å². The highest BCUT2D eigenvalue weighted by Gasteiger charge is 2.35. The van der Waals surface area contributed by atoms with E-state index >= 15 is 0 Å². The van der Waals surface area contributed by atoms with Crippen LogP contribution in [0.1, 0.15) is 24.1 Å². The average Bonchev–Trinajstić information content (AvgIpc) is 2.60. The van der Waals surface area contributed by atoms with E-state index in [0.717, 1.165) is 18.2 Å². The van der Waals surface area contributed by atoms with Crippen molar-refractivity contribution in [2.75, 3.05) is 5.32 Å². The minimum absolute atomic E-state index is 0.0258. The van der Waals surface area contributed by atoms with Gasteiger partial charge in [0.25, 0.3) is 5.91 Å². The summed E-state index contributed by atoms with van der Waals surface area (Å²) in [6.45, 7) is 1.44. The van der Waals surface area contributed by atoms with E-state index in [9.17, 15) is 27.2 Å². The van der Waals surface area contributed by atoms with Gasteiger partial charge in [-0.3, -0.25) is 4.79 Å². The van der Waals surface area contributed by atoms with Gasteiger partial charge in [-0.15, -0.1) is 0 Å². The van der Waals surface area contributed by atoms with Crippen molar-refractivity contribution in [3.63, 3.8) is 0 Å². The van der Waals surface area contributed by atoms with Crippen LogP contribution in [0.4, 0.5) is 28.0 Å². The normalized spacial score (nSPS) is 17.0. The van der Waals surface area contributed by atoms with Crippen LogP contribution in [0.3, 0.4) is 0 Å². The van der Waals surface area contributed by atoms with Gasteiger partial charge in [-0.05, 0) is 36.8 Å². The molecule has 0 unspecified atom stereocenters. The van der Waals surface area contributed by atoms with Crippen LogP contribution in [-0.4, -0.2) is 11.9 Å². The largest absolute Gasteiger partial charge is 0.418 e. The summed E-state index contributed by atoms with van der Waals surface area (Å²) in [6.07, 6.45) is -4.66. The topological polar surface area (TPSA) is 70.2 Å². The van der Waals surface area contributed by atoms with Crippen molar-refractivity contribution in [2.45, 2.75) is 19.1 Å². The highest BCUT2D eigenvalue weighted by Crippen LogP contribution is 2.35. The Morgan fingerprint density at radius 3 is 2.50 bits per heavy atom. The van der Waals surface area contributed by atoms with Gasteiger partial charge in [0, 0.05) is 5.70 Å². The van der Waals surface area contributed by atoms with E-state index in [1.807, 2.05) is 0 Å². The number of anilines is 1. The van der Waals surface area contributed by atoms with Crippen molar-refractivity contribution in [1.82, 2.24) is 10.6 Å². The molecule has 0 aliphatic carbocycles. The number of urea groups is 1. The Hall–Kier alpha value is -3.36. The minimum Gasteiger partial charge on any atom is -0.327 e. The van der Waals surface area contributed by atoms with Crippen LogP contribution in [-0.2, 0) is 11.0 Å². The predicted molar refractivity (Wildman–Crippen MR) is 93.6 cm³/mol.